The van der Waals surface area contributed by atoms with E-state index >= 15 is 0 Å². The molecule has 0 saturated carbocycles. The fourth-order valence-corrected chi connectivity index (χ4v) is 4.49. The van der Waals surface area contributed by atoms with Gasteiger partial charge in [-0.25, -0.2) is 0 Å². The molecule has 2 aromatic carbocycles. The predicted molar refractivity (Wildman–Crippen MR) is 133 cm³/mol. The molecule has 34 heavy (non-hydrogen) atoms. The Morgan fingerprint density at radius 1 is 1.12 bits per heavy atom. The number of para-hydroxylation sites is 1. The number of imide groups is 1. The fourth-order valence-electron chi connectivity index (χ4n) is 3.66. The lowest BCUT2D eigenvalue weighted by Crippen LogP contribution is -2.36. The standard InChI is InChI=1S/C25H27N3O5S/c1-17(2)33-21-6-4-3-5-18(21)15-22-24(30)28(25(31)34-22)16-23(29)26-19-7-9-20(10-8-19)27-11-13-32-14-12-27/h3-10,15,17H,11-14,16H2,1-2H3,(H,26,29)/b22-15-. The van der Waals surface area contributed by atoms with E-state index in [1.807, 2.05) is 62.4 Å². The SMILES string of the molecule is CC(C)Oc1ccccc1/C=C1\SC(=O)N(CC(=O)Nc2ccc(N3CCOCC3)cc2)C1=O. The molecule has 0 aliphatic carbocycles. The molecule has 8 nitrogen and oxygen atoms in total. The number of carbonyl (C=O) groups excluding carboxylic acids is 3. The molecule has 0 aromatic heterocycles. The maximum atomic E-state index is 12.8. The van der Waals surface area contributed by atoms with E-state index < -0.39 is 17.1 Å². The van der Waals surface area contributed by atoms with Crippen molar-refractivity contribution >= 4 is 46.3 Å². The van der Waals surface area contributed by atoms with Gasteiger partial charge in [0.25, 0.3) is 11.1 Å². The first-order valence-corrected chi connectivity index (χ1v) is 12.0. The summed E-state index contributed by atoms with van der Waals surface area (Å²) < 4.78 is 11.2. The van der Waals surface area contributed by atoms with Crippen LogP contribution in [-0.2, 0) is 14.3 Å². The van der Waals surface area contributed by atoms with E-state index in [2.05, 4.69) is 10.2 Å². The van der Waals surface area contributed by atoms with Crippen LogP contribution in [0.5, 0.6) is 5.75 Å². The number of morpholine rings is 1. The van der Waals surface area contributed by atoms with Crippen LogP contribution >= 0.6 is 11.8 Å². The third-order valence-corrected chi connectivity index (χ3v) is 6.18. The quantitative estimate of drug-likeness (QED) is 0.599. The Kier molecular flexibility index (Phi) is 7.54. The molecular weight excluding hydrogens is 454 g/mol. The summed E-state index contributed by atoms with van der Waals surface area (Å²) in [6, 6.07) is 14.8. The maximum Gasteiger partial charge on any atom is 0.294 e. The average molecular weight is 482 g/mol. The summed E-state index contributed by atoms with van der Waals surface area (Å²) in [6.07, 6.45) is 1.60. The minimum absolute atomic E-state index is 0.0313. The number of rotatable bonds is 7. The fraction of sp³-hybridized carbons (Fsp3) is 0.320. The van der Waals surface area contributed by atoms with Gasteiger partial charge in [0.2, 0.25) is 5.91 Å². The Morgan fingerprint density at radius 2 is 1.82 bits per heavy atom. The zero-order valence-electron chi connectivity index (χ0n) is 19.2. The van der Waals surface area contributed by atoms with Crippen LogP contribution in [0.2, 0.25) is 0 Å². The number of hydrogen-bond donors (Lipinski definition) is 1. The van der Waals surface area contributed by atoms with Crippen molar-refractivity contribution in [3.05, 3.63) is 59.0 Å². The molecule has 2 aliphatic heterocycles. The Morgan fingerprint density at radius 3 is 2.53 bits per heavy atom. The van der Waals surface area contributed by atoms with Crippen molar-refractivity contribution in [3.8, 4) is 5.75 Å². The predicted octanol–water partition coefficient (Wildman–Crippen LogP) is 3.99. The van der Waals surface area contributed by atoms with Gasteiger partial charge < -0.3 is 19.7 Å². The van der Waals surface area contributed by atoms with Gasteiger partial charge in [-0.1, -0.05) is 18.2 Å². The molecule has 2 saturated heterocycles. The summed E-state index contributed by atoms with van der Waals surface area (Å²) in [7, 11) is 0. The van der Waals surface area contributed by atoms with Gasteiger partial charge in [0.05, 0.1) is 24.2 Å². The maximum absolute atomic E-state index is 12.8. The van der Waals surface area contributed by atoms with Gasteiger partial charge in [-0.3, -0.25) is 19.3 Å². The van der Waals surface area contributed by atoms with Crippen LogP contribution < -0.4 is 15.0 Å². The normalized spacial score (nSPS) is 17.6. The molecule has 0 bridgehead atoms. The van der Waals surface area contributed by atoms with Gasteiger partial charge in [0, 0.05) is 30.0 Å². The zero-order chi connectivity index (χ0) is 24.1. The number of ether oxygens (including phenoxy) is 2. The Bertz CT molecular complexity index is 1090. The number of anilines is 2. The summed E-state index contributed by atoms with van der Waals surface area (Å²) >= 11 is 0.818. The van der Waals surface area contributed by atoms with Crippen molar-refractivity contribution < 1.29 is 23.9 Å². The van der Waals surface area contributed by atoms with Crippen LogP contribution in [-0.4, -0.2) is 60.9 Å². The third-order valence-electron chi connectivity index (χ3n) is 5.27. The molecule has 0 radical (unpaired) electrons. The highest BCUT2D eigenvalue weighted by molar-refractivity contribution is 8.18. The summed E-state index contributed by atoms with van der Waals surface area (Å²) in [5, 5.41) is 2.28. The molecule has 2 aromatic rings. The van der Waals surface area contributed by atoms with Gasteiger partial charge in [-0.2, -0.15) is 0 Å². The molecule has 9 heteroatoms. The minimum atomic E-state index is -0.493. The summed E-state index contributed by atoms with van der Waals surface area (Å²) in [6.45, 7) is 6.53. The molecule has 178 valence electrons. The van der Waals surface area contributed by atoms with Crippen molar-refractivity contribution in [1.29, 1.82) is 0 Å². The van der Waals surface area contributed by atoms with E-state index in [1.165, 1.54) is 0 Å². The second-order valence-corrected chi connectivity index (χ2v) is 9.16. The van der Waals surface area contributed by atoms with Crippen LogP contribution in [0.1, 0.15) is 19.4 Å². The first-order chi connectivity index (χ1) is 16.4. The molecule has 0 atom stereocenters. The molecule has 2 fully saturated rings. The Labute approximate surface area is 202 Å². The lowest BCUT2D eigenvalue weighted by Gasteiger charge is -2.28. The molecule has 0 unspecified atom stereocenters. The lowest BCUT2D eigenvalue weighted by molar-refractivity contribution is -0.127. The van der Waals surface area contributed by atoms with E-state index in [4.69, 9.17) is 9.47 Å². The Balaban J connectivity index is 1.39. The van der Waals surface area contributed by atoms with E-state index in [1.54, 1.807) is 6.08 Å². The van der Waals surface area contributed by atoms with Gasteiger partial charge in [0.1, 0.15) is 12.3 Å². The topological polar surface area (TPSA) is 88.2 Å². The first-order valence-electron chi connectivity index (χ1n) is 11.1. The van der Waals surface area contributed by atoms with E-state index in [0.29, 0.717) is 30.2 Å². The number of benzene rings is 2. The van der Waals surface area contributed by atoms with Gasteiger partial charge in [0.15, 0.2) is 0 Å². The molecule has 2 aliphatic rings. The minimum Gasteiger partial charge on any atom is -0.490 e. The van der Waals surface area contributed by atoms with Crippen LogP contribution in [0.4, 0.5) is 16.2 Å². The molecule has 4 rings (SSSR count). The van der Waals surface area contributed by atoms with E-state index in [0.717, 1.165) is 35.4 Å². The number of hydrogen-bond acceptors (Lipinski definition) is 7. The number of nitrogens with zero attached hydrogens (tertiary/aromatic N) is 2. The highest BCUT2D eigenvalue weighted by Gasteiger charge is 2.36. The van der Waals surface area contributed by atoms with Crippen molar-refractivity contribution in [1.82, 2.24) is 4.90 Å². The zero-order valence-corrected chi connectivity index (χ0v) is 20.0. The van der Waals surface area contributed by atoms with Crippen molar-refractivity contribution in [2.45, 2.75) is 20.0 Å². The largest absolute Gasteiger partial charge is 0.490 e. The summed E-state index contributed by atoms with van der Waals surface area (Å²) in [5.41, 5.74) is 2.36. The monoisotopic (exact) mass is 481 g/mol. The number of amides is 3. The average Bonchev–Trinajstić information content (AvgIpc) is 3.08. The molecular formula is C25H27N3O5S. The molecule has 3 amide bonds. The number of thioether (sulfide) groups is 1. The molecule has 2 heterocycles. The summed E-state index contributed by atoms with van der Waals surface area (Å²) in [5.74, 6) is -0.305. The van der Waals surface area contributed by atoms with E-state index in [9.17, 15) is 14.4 Å². The van der Waals surface area contributed by atoms with Crippen LogP contribution in [0.25, 0.3) is 6.08 Å². The molecule has 0 spiro atoms. The highest BCUT2D eigenvalue weighted by atomic mass is 32.2. The third kappa shape index (κ3) is 5.78. The van der Waals surface area contributed by atoms with Crippen molar-refractivity contribution in [2.24, 2.45) is 0 Å². The first kappa shape index (κ1) is 23.8. The second kappa shape index (κ2) is 10.8. The number of nitrogens with one attached hydrogen (secondary N) is 1. The highest BCUT2D eigenvalue weighted by Crippen LogP contribution is 2.34. The molecule has 1 N–H and O–H groups in total. The smallest absolute Gasteiger partial charge is 0.294 e. The van der Waals surface area contributed by atoms with Crippen molar-refractivity contribution in [2.75, 3.05) is 43.1 Å². The van der Waals surface area contributed by atoms with E-state index in [-0.39, 0.29) is 17.6 Å². The van der Waals surface area contributed by atoms with Crippen molar-refractivity contribution in [3.63, 3.8) is 0 Å². The van der Waals surface area contributed by atoms with Crippen LogP contribution in [0, 0.1) is 0 Å². The summed E-state index contributed by atoms with van der Waals surface area (Å²) in [4.78, 5) is 41.3. The van der Waals surface area contributed by atoms with Gasteiger partial charge in [-0.15, -0.1) is 0 Å². The number of carbonyl (C=O) groups is 3. The Hall–Kier alpha value is -3.30. The van der Waals surface area contributed by atoms with Crippen LogP contribution in [0.15, 0.2) is 53.4 Å². The van der Waals surface area contributed by atoms with Gasteiger partial charge >= 0.3 is 0 Å². The second-order valence-electron chi connectivity index (χ2n) is 8.17. The lowest BCUT2D eigenvalue weighted by atomic mass is 10.2. The van der Waals surface area contributed by atoms with Gasteiger partial charge in [-0.05, 0) is 62.0 Å². The van der Waals surface area contributed by atoms with Crippen LogP contribution in [0.3, 0.4) is 0 Å².